The van der Waals surface area contributed by atoms with E-state index >= 15 is 0 Å². The highest BCUT2D eigenvalue weighted by Crippen LogP contribution is 2.33. The van der Waals surface area contributed by atoms with Gasteiger partial charge in [-0.2, -0.15) is 0 Å². The summed E-state index contributed by atoms with van der Waals surface area (Å²) in [6.45, 7) is 4.09. The van der Waals surface area contributed by atoms with Crippen LogP contribution in [0.1, 0.15) is 12.5 Å². The topological polar surface area (TPSA) is 50.7 Å². The molecule has 0 radical (unpaired) electrons. The molecule has 1 aliphatic rings. The van der Waals surface area contributed by atoms with Crippen LogP contribution in [-0.4, -0.2) is 37.5 Å². The number of aromatic hydroxyl groups is 1. The Balaban J connectivity index is 2.18. The van der Waals surface area contributed by atoms with Crippen molar-refractivity contribution < 1.29 is 14.6 Å². The van der Waals surface area contributed by atoms with Crippen molar-refractivity contribution in [3.63, 3.8) is 0 Å². The number of phenols is 1. The van der Waals surface area contributed by atoms with E-state index in [1.54, 1.807) is 13.2 Å². The second-order valence-electron chi connectivity index (χ2n) is 4.36. The largest absolute Gasteiger partial charge is 0.504 e. The zero-order valence-corrected chi connectivity index (χ0v) is 10.3. The van der Waals surface area contributed by atoms with E-state index in [1.807, 2.05) is 19.1 Å². The summed E-state index contributed by atoms with van der Waals surface area (Å²) < 4.78 is 10.9. The van der Waals surface area contributed by atoms with Crippen molar-refractivity contribution in [2.24, 2.45) is 0 Å². The number of rotatable bonds is 5. The Bertz CT molecular complexity index is 383. The standard InChI is InChI=1S/C13H19NO3/c1-3-17-11-6-4-5-10(12(11)15)7-13(16-2)8-14-9-13/h4-6,14-15H,3,7-9H2,1-2H3. The van der Waals surface area contributed by atoms with E-state index in [2.05, 4.69) is 5.32 Å². The molecular weight excluding hydrogens is 218 g/mol. The predicted octanol–water partition coefficient (Wildman–Crippen LogP) is 1.32. The third-order valence-electron chi connectivity index (χ3n) is 3.22. The first kappa shape index (κ1) is 12.2. The molecule has 17 heavy (non-hydrogen) atoms. The van der Waals surface area contributed by atoms with Crippen LogP contribution in [0.25, 0.3) is 0 Å². The van der Waals surface area contributed by atoms with Gasteiger partial charge in [-0.3, -0.25) is 0 Å². The summed E-state index contributed by atoms with van der Waals surface area (Å²) in [4.78, 5) is 0. The first-order chi connectivity index (χ1) is 8.21. The zero-order valence-electron chi connectivity index (χ0n) is 10.3. The van der Waals surface area contributed by atoms with E-state index in [0.717, 1.165) is 18.7 Å². The van der Waals surface area contributed by atoms with Crippen LogP contribution in [0.2, 0.25) is 0 Å². The molecule has 0 spiro atoms. The molecule has 0 aromatic heterocycles. The molecule has 94 valence electrons. The van der Waals surface area contributed by atoms with Gasteiger partial charge in [-0.05, 0) is 13.0 Å². The summed E-state index contributed by atoms with van der Waals surface area (Å²) in [7, 11) is 1.71. The van der Waals surface area contributed by atoms with Crippen LogP contribution >= 0.6 is 0 Å². The minimum Gasteiger partial charge on any atom is -0.504 e. The summed E-state index contributed by atoms with van der Waals surface area (Å²) in [5, 5.41) is 13.3. The van der Waals surface area contributed by atoms with Crippen molar-refractivity contribution in [2.75, 3.05) is 26.8 Å². The van der Waals surface area contributed by atoms with Gasteiger partial charge in [-0.15, -0.1) is 0 Å². The molecule has 0 aliphatic carbocycles. The molecule has 1 saturated heterocycles. The predicted molar refractivity (Wildman–Crippen MR) is 65.6 cm³/mol. The number of phenolic OH excluding ortho intramolecular Hbond substituents is 1. The number of benzene rings is 1. The first-order valence-electron chi connectivity index (χ1n) is 5.90. The Kier molecular flexibility index (Phi) is 3.54. The van der Waals surface area contributed by atoms with Gasteiger partial charge in [0.05, 0.1) is 12.2 Å². The van der Waals surface area contributed by atoms with E-state index in [4.69, 9.17) is 9.47 Å². The maximum Gasteiger partial charge on any atom is 0.161 e. The lowest BCUT2D eigenvalue weighted by atomic mass is 9.88. The summed E-state index contributed by atoms with van der Waals surface area (Å²) in [6, 6.07) is 5.59. The van der Waals surface area contributed by atoms with Gasteiger partial charge in [0.15, 0.2) is 11.5 Å². The van der Waals surface area contributed by atoms with Crippen LogP contribution in [0.15, 0.2) is 18.2 Å². The van der Waals surface area contributed by atoms with Gasteiger partial charge in [0.25, 0.3) is 0 Å². The molecule has 4 heteroatoms. The fourth-order valence-corrected chi connectivity index (χ4v) is 2.07. The van der Waals surface area contributed by atoms with Crippen molar-refractivity contribution in [1.82, 2.24) is 5.32 Å². The van der Waals surface area contributed by atoms with E-state index in [-0.39, 0.29) is 11.4 Å². The molecule has 1 heterocycles. The Morgan fingerprint density at radius 1 is 1.41 bits per heavy atom. The van der Waals surface area contributed by atoms with Crippen LogP contribution < -0.4 is 10.1 Å². The second kappa shape index (κ2) is 4.94. The van der Waals surface area contributed by atoms with Crippen molar-refractivity contribution in [3.05, 3.63) is 23.8 Å². The quantitative estimate of drug-likeness (QED) is 0.811. The Labute approximate surface area is 102 Å². The van der Waals surface area contributed by atoms with Crippen molar-refractivity contribution in [1.29, 1.82) is 0 Å². The molecule has 1 fully saturated rings. The maximum absolute atomic E-state index is 10.1. The lowest BCUT2D eigenvalue weighted by Crippen LogP contribution is -2.61. The lowest BCUT2D eigenvalue weighted by Gasteiger charge is -2.41. The van der Waals surface area contributed by atoms with Crippen molar-refractivity contribution in [3.8, 4) is 11.5 Å². The first-order valence-corrected chi connectivity index (χ1v) is 5.90. The van der Waals surface area contributed by atoms with E-state index in [9.17, 15) is 5.11 Å². The second-order valence-corrected chi connectivity index (χ2v) is 4.36. The van der Waals surface area contributed by atoms with Crippen LogP contribution in [0, 0.1) is 0 Å². The van der Waals surface area contributed by atoms with Crippen molar-refractivity contribution >= 4 is 0 Å². The van der Waals surface area contributed by atoms with Gasteiger partial charge >= 0.3 is 0 Å². The molecule has 0 saturated carbocycles. The fraction of sp³-hybridized carbons (Fsp3) is 0.538. The fourth-order valence-electron chi connectivity index (χ4n) is 2.07. The van der Waals surface area contributed by atoms with Crippen LogP contribution in [0.5, 0.6) is 11.5 Å². The molecule has 1 aromatic rings. The zero-order chi connectivity index (χ0) is 12.3. The van der Waals surface area contributed by atoms with Crippen LogP contribution in [-0.2, 0) is 11.2 Å². The minimum absolute atomic E-state index is 0.178. The normalized spacial score (nSPS) is 17.5. The highest BCUT2D eigenvalue weighted by molar-refractivity contribution is 5.46. The molecule has 0 atom stereocenters. The summed E-state index contributed by atoms with van der Waals surface area (Å²) in [5.74, 6) is 0.779. The molecule has 0 amide bonds. The smallest absolute Gasteiger partial charge is 0.161 e. The molecule has 2 rings (SSSR count). The summed E-state index contributed by atoms with van der Waals surface area (Å²) in [5.41, 5.74) is 0.696. The van der Waals surface area contributed by atoms with Gasteiger partial charge in [0.2, 0.25) is 0 Å². The van der Waals surface area contributed by atoms with Crippen LogP contribution in [0.3, 0.4) is 0 Å². The van der Waals surface area contributed by atoms with Crippen molar-refractivity contribution in [2.45, 2.75) is 18.9 Å². The Morgan fingerprint density at radius 3 is 2.71 bits per heavy atom. The van der Waals surface area contributed by atoms with Crippen LogP contribution in [0.4, 0.5) is 0 Å². The number of ether oxygens (including phenoxy) is 2. The number of para-hydroxylation sites is 1. The van der Waals surface area contributed by atoms with Gasteiger partial charge in [0, 0.05) is 32.2 Å². The molecule has 1 aromatic carbocycles. The molecule has 4 nitrogen and oxygen atoms in total. The number of hydrogen-bond acceptors (Lipinski definition) is 4. The third kappa shape index (κ3) is 2.37. The minimum atomic E-state index is -0.178. The third-order valence-corrected chi connectivity index (χ3v) is 3.22. The highest BCUT2D eigenvalue weighted by atomic mass is 16.5. The summed E-state index contributed by atoms with van der Waals surface area (Å²) >= 11 is 0. The van der Waals surface area contributed by atoms with Gasteiger partial charge in [-0.25, -0.2) is 0 Å². The Hall–Kier alpha value is -1.26. The molecular formula is C13H19NO3. The number of hydrogen-bond donors (Lipinski definition) is 2. The van der Waals surface area contributed by atoms with Gasteiger partial charge in [0.1, 0.15) is 0 Å². The van der Waals surface area contributed by atoms with E-state index in [1.165, 1.54) is 0 Å². The van der Waals surface area contributed by atoms with Gasteiger partial charge < -0.3 is 19.9 Å². The molecule has 2 N–H and O–H groups in total. The molecule has 0 unspecified atom stereocenters. The average molecular weight is 237 g/mol. The monoisotopic (exact) mass is 237 g/mol. The molecule has 1 aliphatic heterocycles. The highest BCUT2D eigenvalue weighted by Gasteiger charge is 2.37. The molecule has 0 bridgehead atoms. The van der Waals surface area contributed by atoms with Gasteiger partial charge in [-0.1, -0.05) is 12.1 Å². The summed E-state index contributed by atoms with van der Waals surface area (Å²) in [6.07, 6.45) is 0.698. The SMILES string of the molecule is CCOc1cccc(CC2(OC)CNC2)c1O. The maximum atomic E-state index is 10.1. The number of nitrogens with one attached hydrogen (secondary N) is 1. The number of methoxy groups -OCH3 is 1. The lowest BCUT2D eigenvalue weighted by molar-refractivity contribution is -0.0505. The average Bonchev–Trinajstić information content (AvgIpc) is 2.28. The Morgan fingerprint density at radius 2 is 2.18 bits per heavy atom. The van der Waals surface area contributed by atoms with E-state index in [0.29, 0.717) is 18.8 Å². The van der Waals surface area contributed by atoms with E-state index < -0.39 is 0 Å².